The van der Waals surface area contributed by atoms with Crippen LogP contribution in [0.5, 0.6) is 0 Å². The maximum absolute atomic E-state index is 2.52. The molecule has 2 fully saturated rings. The second-order valence-corrected chi connectivity index (χ2v) is 8.63. The van der Waals surface area contributed by atoms with Gasteiger partial charge in [0.05, 0.1) is 0 Å². The van der Waals surface area contributed by atoms with E-state index in [2.05, 4.69) is 57.2 Å². The predicted molar refractivity (Wildman–Crippen MR) is 97.0 cm³/mol. The van der Waals surface area contributed by atoms with E-state index in [0.29, 0.717) is 10.8 Å². The van der Waals surface area contributed by atoms with Crippen molar-refractivity contribution in [3.05, 3.63) is 58.7 Å². The van der Waals surface area contributed by atoms with Crippen LogP contribution in [0.25, 0.3) is 11.1 Å². The Morgan fingerprint density at radius 2 is 1.26 bits per heavy atom. The van der Waals surface area contributed by atoms with Gasteiger partial charge in [0.2, 0.25) is 0 Å². The molecule has 0 nitrogen and oxygen atoms in total. The van der Waals surface area contributed by atoms with Crippen LogP contribution in [-0.4, -0.2) is 0 Å². The molecule has 3 aliphatic rings. The van der Waals surface area contributed by atoms with E-state index < -0.39 is 0 Å². The van der Waals surface area contributed by atoms with Crippen molar-refractivity contribution in [2.24, 2.45) is 5.92 Å². The molecule has 0 radical (unpaired) electrons. The smallest absolute Gasteiger partial charge is 0.00589 e. The van der Waals surface area contributed by atoms with Crippen LogP contribution < -0.4 is 0 Å². The van der Waals surface area contributed by atoms with Crippen molar-refractivity contribution in [1.82, 2.24) is 0 Å². The molecule has 0 heterocycles. The Bertz CT molecular complexity index is 747. The zero-order valence-electron chi connectivity index (χ0n) is 14.6. The SMILES string of the molecule is Cc1ccc2c(c1)[C@@]13CCC[C@@]1(CC(C)C3)c1cc(C)ccc1-2. The van der Waals surface area contributed by atoms with Crippen LogP contribution in [-0.2, 0) is 10.8 Å². The van der Waals surface area contributed by atoms with Gasteiger partial charge >= 0.3 is 0 Å². The minimum Gasteiger partial charge on any atom is -0.0624 e. The minimum absolute atomic E-state index is 0.411. The fraction of sp³-hybridized carbons (Fsp3) is 0.478. The van der Waals surface area contributed by atoms with Crippen LogP contribution in [0, 0.1) is 19.8 Å². The quantitative estimate of drug-likeness (QED) is 0.553. The molecule has 0 amide bonds. The molecule has 0 saturated heterocycles. The van der Waals surface area contributed by atoms with E-state index in [1.807, 2.05) is 0 Å². The molecule has 0 aromatic heterocycles. The number of fused-ring (bicyclic) bond motifs is 3. The van der Waals surface area contributed by atoms with Crippen molar-refractivity contribution in [1.29, 1.82) is 0 Å². The van der Waals surface area contributed by atoms with Crippen molar-refractivity contribution < 1.29 is 0 Å². The maximum atomic E-state index is 2.52. The molecule has 2 aromatic carbocycles. The molecule has 0 spiro atoms. The van der Waals surface area contributed by atoms with Crippen molar-refractivity contribution in [2.75, 3.05) is 0 Å². The van der Waals surface area contributed by atoms with Gasteiger partial charge in [-0.05, 0) is 67.7 Å². The highest BCUT2D eigenvalue weighted by Crippen LogP contribution is 2.70. The maximum Gasteiger partial charge on any atom is 0.00589 e. The van der Waals surface area contributed by atoms with Crippen LogP contribution in [0.2, 0.25) is 0 Å². The summed E-state index contributed by atoms with van der Waals surface area (Å²) in [6.45, 7) is 7.01. The molecule has 3 aliphatic carbocycles. The van der Waals surface area contributed by atoms with Crippen molar-refractivity contribution in [3.63, 3.8) is 0 Å². The third-order valence-electron chi connectivity index (χ3n) is 7.19. The fourth-order valence-electron chi connectivity index (χ4n) is 6.61. The summed E-state index contributed by atoms with van der Waals surface area (Å²) in [5, 5.41) is 0. The van der Waals surface area contributed by atoms with Crippen LogP contribution in [0.15, 0.2) is 36.4 Å². The first-order chi connectivity index (χ1) is 11.1. The van der Waals surface area contributed by atoms with E-state index in [-0.39, 0.29) is 0 Å². The Labute approximate surface area is 139 Å². The third-order valence-corrected chi connectivity index (χ3v) is 7.19. The number of benzene rings is 2. The van der Waals surface area contributed by atoms with Crippen LogP contribution in [0.1, 0.15) is 61.3 Å². The Morgan fingerprint density at radius 3 is 1.74 bits per heavy atom. The zero-order valence-corrected chi connectivity index (χ0v) is 14.6. The average molecular weight is 302 g/mol. The summed E-state index contributed by atoms with van der Waals surface area (Å²) < 4.78 is 0. The summed E-state index contributed by atoms with van der Waals surface area (Å²) in [5.74, 6) is 0.843. The summed E-state index contributed by atoms with van der Waals surface area (Å²) >= 11 is 0. The van der Waals surface area contributed by atoms with Crippen molar-refractivity contribution in [3.8, 4) is 11.1 Å². The van der Waals surface area contributed by atoms with Gasteiger partial charge in [0.15, 0.2) is 0 Å². The van der Waals surface area contributed by atoms with Crippen LogP contribution >= 0.6 is 0 Å². The Morgan fingerprint density at radius 1 is 0.783 bits per heavy atom. The standard InChI is InChI=1S/C23H26/c1-15-5-7-18-19-8-6-16(2)12-21(19)23-10-4-9-22(23,20(18)11-15)13-17(3)14-23/h5-8,11-12,17H,4,9-10,13-14H2,1-3H3/t17?,22-,23+. The van der Waals surface area contributed by atoms with Crippen molar-refractivity contribution in [2.45, 2.75) is 63.7 Å². The molecule has 2 aromatic rings. The van der Waals surface area contributed by atoms with Gasteiger partial charge in [-0.3, -0.25) is 0 Å². The molecule has 2 saturated carbocycles. The fourth-order valence-corrected chi connectivity index (χ4v) is 6.61. The number of hydrogen-bond acceptors (Lipinski definition) is 0. The summed E-state index contributed by atoms with van der Waals surface area (Å²) in [6, 6.07) is 14.5. The largest absolute Gasteiger partial charge is 0.0624 e. The predicted octanol–water partition coefficient (Wildman–Crippen LogP) is 6.07. The summed E-state index contributed by atoms with van der Waals surface area (Å²) in [7, 11) is 0. The average Bonchev–Trinajstić information content (AvgIpc) is 3.00. The molecule has 5 rings (SSSR count). The first kappa shape index (κ1) is 13.8. The summed E-state index contributed by atoms with van der Waals surface area (Å²) in [5.41, 5.74) is 10.1. The van der Waals surface area contributed by atoms with E-state index in [1.54, 1.807) is 11.1 Å². The lowest BCUT2D eigenvalue weighted by atomic mass is 9.55. The first-order valence-electron chi connectivity index (χ1n) is 9.28. The third kappa shape index (κ3) is 1.53. The topological polar surface area (TPSA) is 0 Å². The van der Waals surface area contributed by atoms with E-state index >= 15 is 0 Å². The van der Waals surface area contributed by atoms with Crippen molar-refractivity contribution >= 4 is 0 Å². The number of hydrogen-bond donors (Lipinski definition) is 0. The number of rotatable bonds is 0. The van der Waals surface area contributed by atoms with Gasteiger partial charge in [0.1, 0.15) is 0 Å². The second kappa shape index (κ2) is 4.29. The highest BCUT2D eigenvalue weighted by Gasteiger charge is 2.63. The van der Waals surface area contributed by atoms with Gasteiger partial charge < -0.3 is 0 Å². The molecule has 23 heavy (non-hydrogen) atoms. The Balaban J connectivity index is 1.93. The lowest BCUT2D eigenvalue weighted by molar-refractivity contribution is 0.299. The van der Waals surface area contributed by atoms with Gasteiger partial charge in [0, 0.05) is 10.8 Å². The van der Waals surface area contributed by atoms with Gasteiger partial charge in [0.25, 0.3) is 0 Å². The number of aryl methyl sites for hydroxylation is 2. The lowest BCUT2D eigenvalue weighted by Gasteiger charge is -2.48. The molecule has 0 heteroatoms. The lowest BCUT2D eigenvalue weighted by Crippen LogP contribution is -2.43. The monoisotopic (exact) mass is 302 g/mol. The summed E-state index contributed by atoms with van der Waals surface area (Å²) in [4.78, 5) is 0. The minimum atomic E-state index is 0.411. The van der Waals surface area contributed by atoms with Crippen LogP contribution in [0.4, 0.5) is 0 Å². The van der Waals surface area contributed by atoms with Gasteiger partial charge in [-0.25, -0.2) is 0 Å². The normalized spacial score (nSPS) is 33.8. The van der Waals surface area contributed by atoms with E-state index in [9.17, 15) is 0 Å². The molecule has 0 aliphatic heterocycles. The molecule has 0 N–H and O–H groups in total. The second-order valence-electron chi connectivity index (χ2n) is 8.63. The van der Waals surface area contributed by atoms with Gasteiger partial charge in [-0.1, -0.05) is 60.9 Å². The Hall–Kier alpha value is -1.56. The first-order valence-corrected chi connectivity index (χ1v) is 9.28. The molecule has 3 atom stereocenters. The van der Waals surface area contributed by atoms with Gasteiger partial charge in [-0.15, -0.1) is 0 Å². The molecule has 0 bridgehead atoms. The molecule has 118 valence electrons. The zero-order chi connectivity index (χ0) is 15.8. The van der Waals surface area contributed by atoms with E-state index in [1.165, 1.54) is 54.4 Å². The molecule has 1 unspecified atom stereocenters. The molecular weight excluding hydrogens is 276 g/mol. The Kier molecular flexibility index (Phi) is 2.58. The van der Waals surface area contributed by atoms with E-state index in [4.69, 9.17) is 0 Å². The summed E-state index contributed by atoms with van der Waals surface area (Å²) in [6.07, 6.45) is 6.95. The highest BCUT2D eigenvalue weighted by atomic mass is 14.7. The highest BCUT2D eigenvalue weighted by molar-refractivity contribution is 5.79. The molecular formula is C23H26. The van der Waals surface area contributed by atoms with E-state index in [0.717, 1.165) is 5.92 Å². The van der Waals surface area contributed by atoms with Crippen LogP contribution in [0.3, 0.4) is 0 Å². The van der Waals surface area contributed by atoms with Gasteiger partial charge in [-0.2, -0.15) is 0 Å².